The van der Waals surface area contributed by atoms with Gasteiger partial charge in [0.1, 0.15) is 5.75 Å². The minimum absolute atomic E-state index is 0.175. The predicted molar refractivity (Wildman–Crippen MR) is 76.2 cm³/mol. The van der Waals surface area contributed by atoms with E-state index in [1.165, 1.54) is 4.31 Å². The molecule has 1 atom stereocenters. The topological polar surface area (TPSA) is 66.8 Å². The molecule has 1 fully saturated rings. The van der Waals surface area contributed by atoms with Gasteiger partial charge in [0.25, 0.3) is 0 Å². The predicted octanol–water partition coefficient (Wildman–Crippen LogP) is 1.48. The third kappa shape index (κ3) is 3.50. The summed E-state index contributed by atoms with van der Waals surface area (Å²) < 4.78 is 31.5. The van der Waals surface area contributed by atoms with E-state index < -0.39 is 16.1 Å². The lowest BCUT2D eigenvalue weighted by Crippen LogP contribution is -2.29. The molecule has 0 saturated carbocycles. The van der Waals surface area contributed by atoms with Crippen LogP contribution in [0.3, 0.4) is 0 Å². The summed E-state index contributed by atoms with van der Waals surface area (Å²) in [5.41, 5.74) is 0. The van der Waals surface area contributed by atoms with Gasteiger partial charge in [-0.15, -0.1) is 0 Å². The van der Waals surface area contributed by atoms with Crippen LogP contribution in [-0.2, 0) is 10.0 Å². The Labute approximate surface area is 120 Å². The molecule has 1 aliphatic heterocycles. The van der Waals surface area contributed by atoms with Gasteiger partial charge in [0.2, 0.25) is 10.0 Å². The first kappa shape index (κ1) is 15.3. The van der Waals surface area contributed by atoms with Gasteiger partial charge < -0.3 is 9.84 Å². The van der Waals surface area contributed by atoms with Crippen LogP contribution in [0.25, 0.3) is 0 Å². The van der Waals surface area contributed by atoms with Gasteiger partial charge in [0, 0.05) is 13.1 Å². The summed E-state index contributed by atoms with van der Waals surface area (Å²) in [5, 5.41) is 9.45. The molecule has 0 radical (unpaired) electrons. The summed E-state index contributed by atoms with van der Waals surface area (Å²) in [5.74, 6) is 1.09. The van der Waals surface area contributed by atoms with Crippen LogP contribution in [0.4, 0.5) is 0 Å². The number of β-amino-alcohol motifs (C(OH)–C–C–N with tert-alkyl or cyclic N) is 1. The quantitative estimate of drug-likeness (QED) is 0.894. The normalized spacial score (nSPS) is 20.5. The molecule has 0 aliphatic carbocycles. The van der Waals surface area contributed by atoms with E-state index in [-0.39, 0.29) is 11.4 Å². The first-order valence-electron chi connectivity index (χ1n) is 6.80. The molecule has 20 heavy (non-hydrogen) atoms. The summed E-state index contributed by atoms with van der Waals surface area (Å²) in [6.45, 7) is 5.25. The number of rotatable bonds is 5. The second-order valence-corrected chi connectivity index (χ2v) is 7.42. The molecule has 0 amide bonds. The molecule has 0 aromatic heterocycles. The molecule has 1 aromatic carbocycles. The van der Waals surface area contributed by atoms with E-state index in [9.17, 15) is 13.5 Å². The summed E-state index contributed by atoms with van der Waals surface area (Å²) in [6.07, 6.45) is -0.0622. The highest BCUT2D eigenvalue weighted by Crippen LogP contribution is 2.23. The highest BCUT2D eigenvalue weighted by Gasteiger charge is 2.31. The second-order valence-electron chi connectivity index (χ2n) is 5.48. The van der Waals surface area contributed by atoms with Gasteiger partial charge in [-0.05, 0) is 36.6 Å². The zero-order valence-electron chi connectivity index (χ0n) is 11.8. The van der Waals surface area contributed by atoms with Crippen molar-refractivity contribution in [2.45, 2.75) is 31.3 Å². The van der Waals surface area contributed by atoms with E-state index in [2.05, 4.69) is 13.8 Å². The lowest BCUT2D eigenvalue weighted by Gasteiger charge is -2.16. The maximum atomic E-state index is 12.3. The van der Waals surface area contributed by atoms with Crippen molar-refractivity contribution in [2.24, 2.45) is 5.92 Å². The SMILES string of the molecule is CC(C)COc1ccc(S(=O)(=O)N2CC[C@H](O)C2)cc1. The number of aliphatic hydroxyl groups excluding tert-OH is 1. The number of hydrogen-bond donors (Lipinski definition) is 1. The Balaban J connectivity index is 2.09. The number of aliphatic hydroxyl groups is 1. The van der Waals surface area contributed by atoms with Crippen LogP contribution in [0.1, 0.15) is 20.3 Å². The largest absolute Gasteiger partial charge is 0.493 e. The fourth-order valence-electron chi connectivity index (χ4n) is 2.05. The molecule has 1 N–H and O–H groups in total. The average molecular weight is 299 g/mol. The molecular formula is C14H21NO4S. The second kappa shape index (κ2) is 6.11. The number of benzene rings is 1. The summed E-state index contributed by atoms with van der Waals surface area (Å²) >= 11 is 0. The van der Waals surface area contributed by atoms with Crippen molar-refractivity contribution in [2.75, 3.05) is 19.7 Å². The van der Waals surface area contributed by atoms with Crippen LogP contribution in [0.15, 0.2) is 29.2 Å². The molecule has 1 heterocycles. The van der Waals surface area contributed by atoms with Gasteiger partial charge in [0.05, 0.1) is 17.6 Å². The van der Waals surface area contributed by atoms with Crippen LogP contribution in [0.5, 0.6) is 5.75 Å². The Morgan fingerprint density at radius 3 is 2.50 bits per heavy atom. The van der Waals surface area contributed by atoms with E-state index in [1.54, 1.807) is 24.3 Å². The van der Waals surface area contributed by atoms with E-state index in [0.29, 0.717) is 31.2 Å². The molecular weight excluding hydrogens is 278 g/mol. The van der Waals surface area contributed by atoms with Gasteiger partial charge in [-0.3, -0.25) is 0 Å². The molecule has 0 bridgehead atoms. The number of sulfonamides is 1. The minimum Gasteiger partial charge on any atom is -0.493 e. The Morgan fingerprint density at radius 2 is 2.00 bits per heavy atom. The van der Waals surface area contributed by atoms with Crippen LogP contribution < -0.4 is 4.74 Å². The third-order valence-corrected chi connectivity index (χ3v) is 5.05. The summed E-state index contributed by atoms with van der Waals surface area (Å²) in [4.78, 5) is 0.239. The van der Waals surface area contributed by atoms with Crippen molar-refractivity contribution in [1.29, 1.82) is 0 Å². The Bertz CT molecular complexity index is 539. The highest BCUT2D eigenvalue weighted by atomic mass is 32.2. The Morgan fingerprint density at radius 1 is 1.35 bits per heavy atom. The fraction of sp³-hybridized carbons (Fsp3) is 0.571. The Hall–Kier alpha value is -1.11. The van der Waals surface area contributed by atoms with Gasteiger partial charge in [-0.25, -0.2) is 8.42 Å². The third-order valence-electron chi connectivity index (χ3n) is 3.17. The summed E-state index contributed by atoms with van der Waals surface area (Å²) in [7, 11) is -3.50. The molecule has 0 unspecified atom stereocenters. The van der Waals surface area contributed by atoms with Crippen molar-refractivity contribution >= 4 is 10.0 Å². The van der Waals surface area contributed by atoms with Crippen LogP contribution in [-0.4, -0.2) is 43.6 Å². The van der Waals surface area contributed by atoms with E-state index in [4.69, 9.17) is 4.74 Å². The molecule has 1 aromatic rings. The van der Waals surface area contributed by atoms with Crippen LogP contribution >= 0.6 is 0 Å². The van der Waals surface area contributed by atoms with E-state index in [0.717, 1.165) is 0 Å². The molecule has 2 rings (SSSR count). The average Bonchev–Trinajstić information content (AvgIpc) is 2.84. The Kier molecular flexibility index (Phi) is 4.67. The molecule has 0 spiro atoms. The van der Waals surface area contributed by atoms with E-state index >= 15 is 0 Å². The van der Waals surface area contributed by atoms with Crippen molar-refractivity contribution in [3.8, 4) is 5.75 Å². The lowest BCUT2D eigenvalue weighted by molar-refractivity contribution is 0.189. The minimum atomic E-state index is -3.50. The monoisotopic (exact) mass is 299 g/mol. The zero-order chi connectivity index (χ0) is 14.8. The van der Waals surface area contributed by atoms with Crippen molar-refractivity contribution in [1.82, 2.24) is 4.31 Å². The van der Waals surface area contributed by atoms with E-state index in [1.807, 2.05) is 0 Å². The first-order chi connectivity index (χ1) is 9.39. The van der Waals surface area contributed by atoms with Crippen molar-refractivity contribution in [3.63, 3.8) is 0 Å². The van der Waals surface area contributed by atoms with Crippen molar-refractivity contribution in [3.05, 3.63) is 24.3 Å². The van der Waals surface area contributed by atoms with Crippen LogP contribution in [0.2, 0.25) is 0 Å². The molecule has 1 aliphatic rings. The maximum Gasteiger partial charge on any atom is 0.243 e. The first-order valence-corrected chi connectivity index (χ1v) is 8.24. The smallest absolute Gasteiger partial charge is 0.243 e. The zero-order valence-corrected chi connectivity index (χ0v) is 12.6. The number of ether oxygens (including phenoxy) is 1. The molecule has 5 nitrogen and oxygen atoms in total. The number of nitrogens with zero attached hydrogens (tertiary/aromatic N) is 1. The number of hydrogen-bond acceptors (Lipinski definition) is 4. The van der Waals surface area contributed by atoms with Gasteiger partial charge in [-0.2, -0.15) is 4.31 Å². The van der Waals surface area contributed by atoms with Gasteiger partial charge >= 0.3 is 0 Å². The van der Waals surface area contributed by atoms with Crippen LogP contribution in [0, 0.1) is 5.92 Å². The van der Waals surface area contributed by atoms with Crippen molar-refractivity contribution < 1.29 is 18.3 Å². The summed E-state index contributed by atoms with van der Waals surface area (Å²) in [6, 6.07) is 6.44. The molecule has 112 valence electrons. The van der Waals surface area contributed by atoms with Gasteiger partial charge in [0.15, 0.2) is 0 Å². The molecule has 6 heteroatoms. The lowest BCUT2D eigenvalue weighted by atomic mass is 10.2. The standard InChI is InChI=1S/C14H21NO4S/c1-11(2)10-19-13-3-5-14(6-4-13)20(17,18)15-8-7-12(16)9-15/h3-6,11-12,16H,7-10H2,1-2H3/t12-/m0/s1. The fourth-order valence-corrected chi connectivity index (χ4v) is 3.54. The maximum absolute atomic E-state index is 12.3. The van der Waals surface area contributed by atoms with Gasteiger partial charge in [-0.1, -0.05) is 13.8 Å². The highest BCUT2D eigenvalue weighted by molar-refractivity contribution is 7.89. The molecule has 1 saturated heterocycles.